The summed E-state index contributed by atoms with van der Waals surface area (Å²) in [5, 5.41) is 6.78. The molecule has 0 atom stereocenters. The first-order valence-corrected chi connectivity index (χ1v) is 13.0. The number of hydrogen-bond acceptors (Lipinski definition) is 6. The predicted molar refractivity (Wildman–Crippen MR) is 159 cm³/mol. The molecule has 196 valence electrons. The molecule has 0 saturated heterocycles. The van der Waals surface area contributed by atoms with Crippen molar-refractivity contribution in [2.45, 2.75) is 20.8 Å². The molecule has 1 aliphatic rings. The van der Waals surface area contributed by atoms with E-state index in [2.05, 4.69) is 15.6 Å². The average molecular weight is 526 g/mol. The van der Waals surface area contributed by atoms with Gasteiger partial charge in [0.05, 0.1) is 28.2 Å². The lowest BCUT2D eigenvalue weighted by Crippen LogP contribution is -2.29. The fraction of sp³-hybridized carbons (Fsp3) is 0.0909. The molecule has 0 spiro atoms. The van der Waals surface area contributed by atoms with Crippen LogP contribution in [0.5, 0.6) is 0 Å². The number of aromatic nitrogens is 2. The van der Waals surface area contributed by atoms with Crippen LogP contribution in [0, 0.1) is 20.8 Å². The molecule has 0 aliphatic carbocycles. The van der Waals surface area contributed by atoms with E-state index in [1.165, 1.54) is 4.90 Å². The van der Waals surface area contributed by atoms with Gasteiger partial charge in [0.2, 0.25) is 0 Å². The monoisotopic (exact) mass is 525 g/mol. The van der Waals surface area contributed by atoms with E-state index in [1.807, 2.05) is 87.5 Å². The highest BCUT2D eigenvalue weighted by Crippen LogP contribution is 2.42. The molecule has 0 radical (unpaired) electrons. The quantitative estimate of drug-likeness (QED) is 0.225. The smallest absolute Gasteiger partial charge is 0.268 e. The van der Waals surface area contributed by atoms with Crippen LogP contribution in [0.25, 0.3) is 11.4 Å². The Kier molecular flexibility index (Phi) is 6.32. The van der Waals surface area contributed by atoms with E-state index in [1.54, 1.807) is 30.5 Å². The van der Waals surface area contributed by atoms with Gasteiger partial charge < -0.3 is 10.6 Å². The third kappa shape index (κ3) is 4.58. The molecule has 0 fully saturated rings. The number of fused-ring (bicyclic) bond motifs is 1. The molecule has 7 heteroatoms. The van der Waals surface area contributed by atoms with Crippen LogP contribution in [-0.2, 0) is 0 Å². The van der Waals surface area contributed by atoms with Gasteiger partial charge in [-0.25, -0.2) is 9.88 Å². The Bertz CT molecular complexity index is 1730. The van der Waals surface area contributed by atoms with Crippen molar-refractivity contribution in [3.63, 3.8) is 0 Å². The molecule has 2 aromatic heterocycles. The van der Waals surface area contributed by atoms with Crippen molar-refractivity contribution in [1.29, 1.82) is 0 Å². The Morgan fingerprint density at radius 2 is 1.18 bits per heavy atom. The van der Waals surface area contributed by atoms with Gasteiger partial charge in [-0.2, -0.15) is 0 Å². The number of aryl methyl sites for hydroxylation is 3. The second-order valence-electron chi connectivity index (χ2n) is 9.91. The van der Waals surface area contributed by atoms with Crippen molar-refractivity contribution in [2.75, 3.05) is 15.5 Å². The van der Waals surface area contributed by atoms with E-state index in [0.717, 1.165) is 28.1 Å². The summed E-state index contributed by atoms with van der Waals surface area (Å²) in [5.74, 6) is -0.452. The Morgan fingerprint density at radius 3 is 1.75 bits per heavy atom. The first kappa shape index (κ1) is 25.0. The number of nitrogens with zero attached hydrogens (tertiary/aromatic N) is 3. The van der Waals surface area contributed by atoms with E-state index in [0.29, 0.717) is 28.6 Å². The molecule has 40 heavy (non-hydrogen) atoms. The lowest BCUT2D eigenvalue weighted by atomic mass is 10.0. The molecule has 1 aliphatic heterocycles. The molecule has 7 nitrogen and oxygen atoms in total. The lowest BCUT2D eigenvalue weighted by Gasteiger charge is -2.18. The zero-order chi connectivity index (χ0) is 27.8. The molecule has 2 amide bonds. The number of carbonyl (C=O) groups excluding carboxylic acids is 2. The van der Waals surface area contributed by atoms with Crippen molar-refractivity contribution in [3.05, 3.63) is 125 Å². The van der Waals surface area contributed by atoms with Crippen molar-refractivity contribution in [1.82, 2.24) is 9.97 Å². The Hall–Kier alpha value is -5.30. The van der Waals surface area contributed by atoms with Crippen LogP contribution in [-0.4, -0.2) is 21.8 Å². The van der Waals surface area contributed by atoms with Crippen molar-refractivity contribution in [3.8, 4) is 11.4 Å². The third-order valence-corrected chi connectivity index (χ3v) is 6.87. The van der Waals surface area contributed by atoms with Crippen LogP contribution < -0.4 is 15.5 Å². The van der Waals surface area contributed by atoms with Crippen LogP contribution in [0.15, 0.2) is 97.2 Å². The highest BCUT2D eigenvalue weighted by atomic mass is 16.2. The van der Waals surface area contributed by atoms with Gasteiger partial charge in [-0.1, -0.05) is 59.2 Å². The maximum atomic E-state index is 14.2. The number of amides is 2. The van der Waals surface area contributed by atoms with Crippen molar-refractivity contribution in [2.24, 2.45) is 0 Å². The minimum Gasteiger partial charge on any atom is -0.352 e. The van der Waals surface area contributed by atoms with E-state index < -0.39 is 11.8 Å². The Labute approximate surface area is 232 Å². The fourth-order valence-electron chi connectivity index (χ4n) is 4.71. The lowest BCUT2D eigenvalue weighted by molar-refractivity contribution is 0.0926. The Balaban J connectivity index is 1.60. The molecular formula is C33H27N5O2. The van der Waals surface area contributed by atoms with Crippen LogP contribution in [0.1, 0.15) is 37.4 Å². The summed E-state index contributed by atoms with van der Waals surface area (Å²) >= 11 is 0. The van der Waals surface area contributed by atoms with Gasteiger partial charge in [-0.15, -0.1) is 0 Å². The zero-order valence-corrected chi connectivity index (χ0v) is 22.4. The molecule has 3 heterocycles. The number of rotatable bonds is 6. The van der Waals surface area contributed by atoms with Gasteiger partial charge >= 0.3 is 0 Å². The summed E-state index contributed by atoms with van der Waals surface area (Å²) < 4.78 is 0. The second kappa shape index (κ2) is 10.1. The molecule has 6 rings (SSSR count). The summed E-state index contributed by atoms with van der Waals surface area (Å²) in [6.07, 6.45) is 1.65. The minimum atomic E-state index is -0.439. The zero-order valence-electron chi connectivity index (χ0n) is 22.4. The first-order valence-electron chi connectivity index (χ1n) is 13.0. The van der Waals surface area contributed by atoms with Gasteiger partial charge in [0.25, 0.3) is 11.8 Å². The van der Waals surface area contributed by atoms with Gasteiger partial charge in [0.15, 0.2) is 5.82 Å². The third-order valence-electron chi connectivity index (χ3n) is 6.87. The number of hydrogen-bond donors (Lipinski definition) is 2. The molecule has 2 N–H and O–H groups in total. The molecule has 0 saturated carbocycles. The highest BCUT2D eigenvalue weighted by Gasteiger charge is 2.43. The van der Waals surface area contributed by atoms with Gasteiger partial charge in [-0.05, 0) is 69.3 Å². The summed E-state index contributed by atoms with van der Waals surface area (Å²) in [5.41, 5.74) is 7.04. The number of imide groups is 1. The van der Waals surface area contributed by atoms with Gasteiger partial charge in [0.1, 0.15) is 5.69 Å². The second-order valence-corrected chi connectivity index (χ2v) is 9.91. The van der Waals surface area contributed by atoms with E-state index >= 15 is 0 Å². The van der Waals surface area contributed by atoms with Crippen molar-refractivity contribution >= 4 is 40.4 Å². The van der Waals surface area contributed by atoms with Gasteiger partial charge in [-0.3, -0.25) is 14.6 Å². The minimum absolute atomic E-state index is 0.216. The van der Waals surface area contributed by atoms with Crippen LogP contribution in [0.4, 0.5) is 28.6 Å². The van der Waals surface area contributed by atoms with E-state index in [9.17, 15) is 9.59 Å². The largest absolute Gasteiger partial charge is 0.352 e. The Morgan fingerprint density at radius 1 is 0.625 bits per heavy atom. The number of nitrogens with one attached hydrogen (secondary N) is 2. The normalized spacial score (nSPS) is 12.4. The molecule has 0 unspecified atom stereocenters. The van der Waals surface area contributed by atoms with Crippen LogP contribution in [0.2, 0.25) is 0 Å². The molecule has 0 bridgehead atoms. The van der Waals surface area contributed by atoms with E-state index in [-0.39, 0.29) is 11.1 Å². The topological polar surface area (TPSA) is 87.2 Å². The number of pyridine rings is 2. The molecular weight excluding hydrogens is 498 g/mol. The average Bonchev–Trinajstić information content (AvgIpc) is 3.23. The van der Waals surface area contributed by atoms with Gasteiger partial charge in [0, 0.05) is 17.6 Å². The number of anilines is 5. The van der Waals surface area contributed by atoms with Crippen molar-refractivity contribution < 1.29 is 9.59 Å². The van der Waals surface area contributed by atoms with Crippen LogP contribution in [0.3, 0.4) is 0 Å². The highest BCUT2D eigenvalue weighted by molar-refractivity contribution is 6.38. The summed E-state index contributed by atoms with van der Waals surface area (Å²) in [7, 11) is 0. The summed E-state index contributed by atoms with van der Waals surface area (Å²) in [6, 6.07) is 28.5. The van der Waals surface area contributed by atoms with Crippen LogP contribution >= 0.6 is 0 Å². The SMILES string of the molecule is Cc1ccc(Nc2nc(-c3ccccn3)c3c(c2Nc2ccc(C)cc2)C(=O)N(c2ccc(C)cc2)C3=O)cc1. The number of benzene rings is 3. The number of carbonyl (C=O) groups is 2. The standard InChI is InChI=1S/C33H27N5O2/c1-20-7-13-23(14-8-20)35-30-28-27(32(39)38(33(28)40)25-17-11-22(3)12-18-25)29(26-6-4-5-19-34-26)37-31(30)36-24-15-9-21(2)10-16-24/h4-19,35H,1-3H3,(H,36,37). The maximum absolute atomic E-state index is 14.2. The molecule has 3 aromatic carbocycles. The summed E-state index contributed by atoms with van der Waals surface area (Å²) in [6.45, 7) is 5.99. The fourth-order valence-corrected chi connectivity index (χ4v) is 4.71. The summed E-state index contributed by atoms with van der Waals surface area (Å²) in [4.78, 5) is 38.9. The predicted octanol–water partition coefficient (Wildman–Crippen LogP) is 7.36. The van der Waals surface area contributed by atoms with E-state index in [4.69, 9.17) is 4.98 Å². The molecule has 5 aromatic rings. The first-order chi connectivity index (χ1) is 19.4. The maximum Gasteiger partial charge on any atom is 0.268 e.